The fourth-order valence-corrected chi connectivity index (χ4v) is 2.05. The highest BCUT2D eigenvalue weighted by atomic mass is 16.5. The summed E-state index contributed by atoms with van der Waals surface area (Å²) in [5.41, 5.74) is 2.53. The molecule has 0 saturated heterocycles. The molecule has 0 spiro atoms. The normalized spacial score (nSPS) is 25.7. The van der Waals surface area contributed by atoms with Crippen LogP contribution in [0.1, 0.15) is 33.1 Å². The topological polar surface area (TPSA) is 26.3 Å². The van der Waals surface area contributed by atoms with Crippen molar-refractivity contribution in [1.82, 2.24) is 0 Å². The summed E-state index contributed by atoms with van der Waals surface area (Å²) < 4.78 is 4.71. The number of carbonyl (C=O) groups is 1. The summed E-state index contributed by atoms with van der Waals surface area (Å²) >= 11 is 0. The maximum atomic E-state index is 11.2. The third-order valence-electron chi connectivity index (χ3n) is 3.27. The number of carbonyl (C=O) groups excluding carboxylic acids is 1. The minimum absolute atomic E-state index is 0.116. The second-order valence-electron chi connectivity index (χ2n) is 4.44. The first-order valence-corrected chi connectivity index (χ1v) is 5.43. The van der Waals surface area contributed by atoms with E-state index in [2.05, 4.69) is 26.5 Å². The summed E-state index contributed by atoms with van der Waals surface area (Å²) in [6.07, 6.45) is 4.84. The fourth-order valence-electron chi connectivity index (χ4n) is 2.05. The smallest absolute Gasteiger partial charge is 0.306 e. The Balaban J connectivity index is 2.63. The maximum Gasteiger partial charge on any atom is 0.306 e. The fraction of sp³-hybridized carbons (Fsp3) is 0.615. The molecular formula is C13H20O2. The summed E-state index contributed by atoms with van der Waals surface area (Å²) in [5, 5.41) is 0. The lowest BCUT2D eigenvalue weighted by molar-refractivity contribution is -0.141. The van der Waals surface area contributed by atoms with E-state index in [-0.39, 0.29) is 5.97 Å². The van der Waals surface area contributed by atoms with Crippen LogP contribution in [0.5, 0.6) is 0 Å². The summed E-state index contributed by atoms with van der Waals surface area (Å²) in [6.45, 7) is 8.16. The highest BCUT2D eigenvalue weighted by Crippen LogP contribution is 2.34. The van der Waals surface area contributed by atoms with Gasteiger partial charge in [0, 0.05) is 0 Å². The Morgan fingerprint density at radius 3 is 2.87 bits per heavy atom. The van der Waals surface area contributed by atoms with E-state index in [9.17, 15) is 4.79 Å². The number of hydrogen-bond acceptors (Lipinski definition) is 2. The number of rotatable bonds is 3. The predicted molar refractivity (Wildman–Crippen MR) is 61.4 cm³/mol. The molecule has 0 saturated carbocycles. The summed E-state index contributed by atoms with van der Waals surface area (Å²) in [7, 11) is 1.44. The van der Waals surface area contributed by atoms with Gasteiger partial charge in [0.05, 0.1) is 13.5 Å². The van der Waals surface area contributed by atoms with Crippen molar-refractivity contribution in [3.05, 3.63) is 23.8 Å². The van der Waals surface area contributed by atoms with Gasteiger partial charge in [-0.1, -0.05) is 23.8 Å². The second kappa shape index (κ2) is 5.15. The first-order chi connectivity index (χ1) is 7.04. The van der Waals surface area contributed by atoms with Crippen LogP contribution in [-0.2, 0) is 9.53 Å². The van der Waals surface area contributed by atoms with Gasteiger partial charge in [-0.3, -0.25) is 4.79 Å². The molecule has 0 unspecified atom stereocenters. The van der Waals surface area contributed by atoms with Crippen LogP contribution >= 0.6 is 0 Å². The second-order valence-corrected chi connectivity index (χ2v) is 4.44. The molecule has 84 valence electrons. The Labute approximate surface area is 92.0 Å². The van der Waals surface area contributed by atoms with Crippen molar-refractivity contribution in [3.8, 4) is 0 Å². The van der Waals surface area contributed by atoms with Crippen LogP contribution in [0.2, 0.25) is 0 Å². The molecule has 0 aliphatic heterocycles. The van der Waals surface area contributed by atoms with Crippen molar-refractivity contribution >= 4 is 5.97 Å². The molecule has 0 aromatic rings. The van der Waals surface area contributed by atoms with Gasteiger partial charge in [-0.05, 0) is 38.5 Å². The molecule has 1 aliphatic carbocycles. The molecule has 15 heavy (non-hydrogen) atoms. The lowest BCUT2D eigenvalue weighted by Crippen LogP contribution is -2.19. The standard InChI is InChI=1S/C13H20O2/c1-9(2)11-6-5-10(3)12(7-11)8-13(14)15-4/h5,11-12H,1,6-8H2,2-4H3/t11-,12-/m1/s1. The minimum atomic E-state index is -0.116. The molecule has 2 nitrogen and oxygen atoms in total. The molecule has 0 heterocycles. The van der Waals surface area contributed by atoms with Crippen LogP contribution < -0.4 is 0 Å². The van der Waals surface area contributed by atoms with Gasteiger partial charge in [-0.25, -0.2) is 0 Å². The van der Waals surface area contributed by atoms with E-state index < -0.39 is 0 Å². The van der Waals surface area contributed by atoms with Gasteiger partial charge >= 0.3 is 5.97 Å². The van der Waals surface area contributed by atoms with E-state index >= 15 is 0 Å². The van der Waals surface area contributed by atoms with Crippen molar-refractivity contribution in [1.29, 1.82) is 0 Å². The number of methoxy groups -OCH3 is 1. The molecule has 2 heteroatoms. The minimum Gasteiger partial charge on any atom is -0.469 e. The molecule has 1 rings (SSSR count). The molecule has 0 N–H and O–H groups in total. The lowest BCUT2D eigenvalue weighted by atomic mass is 9.77. The summed E-state index contributed by atoms with van der Waals surface area (Å²) in [4.78, 5) is 11.2. The molecule has 0 fully saturated rings. The van der Waals surface area contributed by atoms with E-state index in [1.807, 2.05) is 0 Å². The molecule has 0 radical (unpaired) electrons. The molecule has 0 aromatic carbocycles. The van der Waals surface area contributed by atoms with Crippen molar-refractivity contribution in [3.63, 3.8) is 0 Å². The number of allylic oxidation sites excluding steroid dienone is 3. The van der Waals surface area contributed by atoms with E-state index in [0.717, 1.165) is 12.8 Å². The SMILES string of the molecule is C=C(C)[C@@H]1CC=C(C)[C@@H](CC(=O)OC)C1. The van der Waals surface area contributed by atoms with Gasteiger partial charge in [-0.15, -0.1) is 0 Å². The Kier molecular flexibility index (Phi) is 4.13. The zero-order valence-electron chi connectivity index (χ0n) is 9.88. The monoisotopic (exact) mass is 208 g/mol. The van der Waals surface area contributed by atoms with Crippen molar-refractivity contribution < 1.29 is 9.53 Å². The van der Waals surface area contributed by atoms with Gasteiger partial charge in [0.1, 0.15) is 0 Å². The summed E-state index contributed by atoms with van der Waals surface area (Å²) in [5.74, 6) is 0.756. The molecule has 1 aliphatic rings. The zero-order chi connectivity index (χ0) is 11.4. The van der Waals surface area contributed by atoms with Crippen LogP contribution in [0.3, 0.4) is 0 Å². The van der Waals surface area contributed by atoms with Crippen LogP contribution in [0.4, 0.5) is 0 Å². The Morgan fingerprint density at radius 1 is 1.67 bits per heavy atom. The average Bonchev–Trinajstić information content (AvgIpc) is 2.20. The first-order valence-electron chi connectivity index (χ1n) is 5.43. The maximum absolute atomic E-state index is 11.2. The van der Waals surface area contributed by atoms with Crippen LogP contribution in [0, 0.1) is 11.8 Å². The molecule has 2 atom stereocenters. The van der Waals surface area contributed by atoms with Crippen molar-refractivity contribution in [2.45, 2.75) is 33.1 Å². The van der Waals surface area contributed by atoms with Crippen molar-refractivity contribution in [2.24, 2.45) is 11.8 Å². The van der Waals surface area contributed by atoms with Gasteiger partial charge in [0.25, 0.3) is 0 Å². The van der Waals surface area contributed by atoms with Crippen molar-refractivity contribution in [2.75, 3.05) is 7.11 Å². The highest BCUT2D eigenvalue weighted by molar-refractivity contribution is 5.70. The molecule has 0 bridgehead atoms. The number of esters is 1. The average molecular weight is 208 g/mol. The predicted octanol–water partition coefficient (Wildman–Crippen LogP) is 3.10. The summed E-state index contributed by atoms with van der Waals surface area (Å²) in [6, 6.07) is 0. The van der Waals surface area contributed by atoms with E-state index in [1.165, 1.54) is 18.3 Å². The van der Waals surface area contributed by atoms with Crippen LogP contribution in [0.25, 0.3) is 0 Å². The van der Waals surface area contributed by atoms with E-state index in [4.69, 9.17) is 4.74 Å². The Bertz CT molecular complexity index is 289. The lowest BCUT2D eigenvalue weighted by Gasteiger charge is -2.28. The first kappa shape index (κ1) is 12.0. The third-order valence-corrected chi connectivity index (χ3v) is 3.27. The van der Waals surface area contributed by atoms with E-state index in [0.29, 0.717) is 18.3 Å². The largest absolute Gasteiger partial charge is 0.469 e. The quantitative estimate of drug-likeness (QED) is 0.526. The number of hydrogen-bond donors (Lipinski definition) is 0. The van der Waals surface area contributed by atoms with Gasteiger partial charge in [-0.2, -0.15) is 0 Å². The number of ether oxygens (including phenoxy) is 1. The molecular weight excluding hydrogens is 188 g/mol. The zero-order valence-corrected chi connectivity index (χ0v) is 9.88. The highest BCUT2D eigenvalue weighted by Gasteiger charge is 2.24. The Hall–Kier alpha value is -1.05. The third kappa shape index (κ3) is 3.22. The Morgan fingerprint density at radius 2 is 2.33 bits per heavy atom. The molecule has 0 aromatic heterocycles. The van der Waals surface area contributed by atoms with Crippen LogP contribution in [-0.4, -0.2) is 13.1 Å². The van der Waals surface area contributed by atoms with Gasteiger partial charge in [0.2, 0.25) is 0 Å². The van der Waals surface area contributed by atoms with Gasteiger partial charge < -0.3 is 4.74 Å². The molecule has 0 amide bonds. The van der Waals surface area contributed by atoms with Crippen LogP contribution in [0.15, 0.2) is 23.8 Å². The van der Waals surface area contributed by atoms with E-state index in [1.54, 1.807) is 0 Å². The van der Waals surface area contributed by atoms with Gasteiger partial charge in [0.15, 0.2) is 0 Å².